The first-order chi connectivity index (χ1) is 15.7. The third-order valence-corrected chi connectivity index (χ3v) is 6.01. The van der Waals surface area contributed by atoms with E-state index >= 15 is 0 Å². The molecular formula is C24H23FN4O2S. The molecule has 0 aliphatic carbocycles. The van der Waals surface area contributed by atoms with Gasteiger partial charge in [0.15, 0.2) is 16.4 Å². The minimum atomic E-state index is -0.248. The molecule has 2 aromatic heterocycles. The van der Waals surface area contributed by atoms with Gasteiger partial charge in [0.1, 0.15) is 5.82 Å². The van der Waals surface area contributed by atoms with Gasteiger partial charge in [-0.15, -0.1) is 5.10 Å². The van der Waals surface area contributed by atoms with Crippen molar-refractivity contribution in [1.29, 1.82) is 0 Å². The minimum absolute atomic E-state index is 0.116. The molecule has 1 aliphatic heterocycles. The summed E-state index contributed by atoms with van der Waals surface area (Å²) in [6.45, 7) is 3.17. The molecule has 6 nitrogen and oxygen atoms in total. The number of hydrogen-bond acceptors (Lipinski definition) is 5. The van der Waals surface area contributed by atoms with Crippen molar-refractivity contribution in [1.82, 2.24) is 19.2 Å². The third kappa shape index (κ3) is 4.43. The molecule has 1 saturated heterocycles. The highest BCUT2D eigenvalue weighted by Crippen LogP contribution is 2.24. The Hall–Kier alpha value is -3.07. The van der Waals surface area contributed by atoms with Gasteiger partial charge in [0.25, 0.3) is 0 Å². The van der Waals surface area contributed by atoms with E-state index < -0.39 is 0 Å². The number of nitrogens with zero attached hydrogens (tertiary/aromatic N) is 4. The van der Waals surface area contributed by atoms with Crippen LogP contribution in [0, 0.1) is 10.6 Å². The van der Waals surface area contributed by atoms with Crippen molar-refractivity contribution < 1.29 is 13.5 Å². The quantitative estimate of drug-likeness (QED) is 0.392. The Labute approximate surface area is 190 Å². The highest BCUT2D eigenvalue weighted by atomic mass is 32.1. The highest BCUT2D eigenvalue weighted by molar-refractivity contribution is 7.71. The molecule has 0 spiro atoms. The Kier molecular flexibility index (Phi) is 5.98. The molecule has 2 aromatic carbocycles. The molecule has 0 N–H and O–H groups in total. The molecule has 0 saturated carbocycles. The molecule has 5 rings (SSSR count). The van der Waals surface area contributed by atoms with Crippen LogP contribution >= 0.6 is 12.2 Å². The van der Waals surface area contributed by atoms with Gasteiger partial charge in [0.2, 0.25) is 0 Å². The molecule has 1 fully saturated rings. The maximum Gasteiger partial charge on any atom is 0.199 e. The standard InChI is InChI=1S/C24H23FN4O2S/c25-20-10-8-19(9-11-20)22-16-27(12-14-31-22)17-29-24(32)28(15-18-5-2-1-3-6-18)23(26-29)21-7-4-13-30-21/h1-11,13,22H,12,14-17H2. The van der Waals surface area contributed by atoms with Gasteiger partial charge in [-0.2, -0.15) is 0 Å². The molecule has 1 aliphatic rings. The first kappa shape index (κ1) is 20.8. The average Bonchev–Trinajstić information content (AvgIpc) is 3.45. The van der Waals surface area contributed by atoms with Gasteiger partial charge < -0.3 is 9.15 Å². The Morgan fingerprint density at radius 2 is 1.84 bits per heavy atom. The molecule has 0 radical (unpaired) electrons. The van der Waals surface area contributed by atoms with Crippen molar-refractivity contribution in [3.05, 3.63) is 94.7 Å². The molecule has 164 valence electrons. The number of ether oxygens (including phenoxy) is 1. The normalized spacial score (nSPS) is 17.0. The topological polar surface area (TPSA) is 48.4 Å². The lowest BCUT2D eigenvalue weighted by atomic mass is 10.1. The monoisotopic (exact) mass is 450 g/mol. The average molecular weight is 451 g/mol. The van der Waals surface area contributed by atoms with Crippen molar-refractivity contribution in [3.63, 3.8) is 0 Å². The van der Waals surface area contributed by atoms with E-state index in [1.165, 1.54) is 12.1 Å². The van der Waals surface area contributed by atoms with Crippen LogP contribution in [0.25, 0.3) is 11.6 Å². The fourth-order valence-electron chi connectivity index (χ4n) is 3.93. The summed E-state index contributed by atoms with van der Waals surface area (Å²) in [5.74, 6) is 1.13. The molecule has 4 aromatic rings. The van der Waals surface area contributed by atoms with E-state index in [0.29, 0.717) is 42.7 Å². The van der Waals surface area contributed by atoms with Gasteiger partial charge in [-0.25, -0.2) is 9.07 Å². The van der Waals surface area contributed by atoms with Gasteiger partial charge in [-0.1, -0.05) is 42.5 Å². The highest BCUT2D eigenvalue weighted by Gasteiger charge is 2.24. The van der Waals surface area contributed by atoms with Crippen LogP contribution in [0.4, 0.5) is 4.39 Å². The number of hydrogen-bond donors (Lipinski definition) is 0. The molecule has 1 unspecified atom stereocenters. The lowest BCUT2D eigenvalue weighted by molar-refractivity contribution is -0.0419. The summed E-state index contributed by atoms with van der Waals surface area (Å²) in [6, 6.07) is 20.4. The fourth-order valence-corrected chi connectivity index (χ4v) is 4.18. The summed E-state index contributed by atoms with van der Waals surface area (Å²) in [5, 5.41) is 4.80. The largest absolute Gasteiger partial charge is 0.461 e. The lowest BCUT2D eigenvalue weighted by Gasteiger charge is -2.32. The number of furan rings is 1. The summed E-state index contributed by atoms with van der Waals surface area (Å²) in [5.41, 5.74) is 2.10. The van der Waals surface area contributed by atoms with Crippen molar-refractivity contribution >= 4 is 12.2 Å². The zero-order valence-corrected chi connectivity index (χ0v) is 18.2. The number of benzene rings is 2. The van der Waals surface area contributed by atoms with Crippen molar-refractivity contribution in [2.24, 2.45) is 0 Å². The van der Waals surface area contributed by atoms with Gasteiger partial charge in [-0.05, 0) is 47.6 Å². The van der Waals surface area contributed by atoms with Crippen molar-refractivity contribution in [2.45, 2.75) is 19.3 Å². The maximum absolute atomic E-state index is 13.3. The Morgan fingerprint density at radius 1 is 1.03 bits per heavy atom. The Morgan fingerprint density at radius 3 is 2.59 bits per heavy atom. The van der Waals surface area contributed by atoms with Gasteiger partial charge in [0, 0.05) is 13.1 Å². The summed E-state index contributed by atoms with van der Waals surface area (Å²) in [7, 11) is 0. The van der Waals surface area contributed by atoms with Crippen LogP contribution < -0.4 is 0 Å². The summed E-state index contributed by atoms with van der Waals surface area (Å²) in [4.78, 5) is 2.25. The van der Waals surface area contributed by atoms with Crippen LogP contribution in [0.3, 0.4) is 0 Å². The van der Waals surface area contributed by atoms with Gasteiger partial charge in [0.05, 0.1) is 32.2 Å². The van der Waals surface area contributed by atoms with E-state index in [-0.39, 0.29) is 11.9 Å². The first-order valence-electron chi connectivity index (χ1n) is 10.5. The number of morpholine rings is 1. The lowest BCUT2D eigenvalue weighted by Crippen LogP contribution is -2.39. The van der Waals surface area contributed by atoms with E-state index in [1.807, 2.05) is 39.6 Å². The van der Waals surface area contributed by atoms with E-state index in [1.54, 1.807) is 18.4 Å². The maximum atomic E-state index is 13.3. The molecule has 32 heavy (non-hydrogen) atoms. The van der Waals surface area contributed by atoms with Gasteiger partial charge >= 0.3 is 0 Å². The molecular weight excluding hydrogens is 427 g/mol. The van der Waals surface area contributed by atoms with Crippen LogP contribution in [0.15, 0.2) is 77.4 Å². The SMILES string of the molecule is Fc1ccc(C2CN(Cn3nc(-c4ccco4)n(Cc4ccccc4)c3=S)CCO2)cc1. The summed E-state index contributed by atoms with van der Waals surface area (Å²) >= 11 is 5.81. The second kappa shape index (κ2) is 9.20. The number of aromatic nitrogens is 3. The van der Waals surface area contributed by atoms with Crippen LogP contribution in [-0.2, 0) is 18.0 Å². The first-order valence-corrected chi connectivity index (χ1v) is 10.9. The van der Waals surface area contributed by atoms with Crippen LogP contribution in [0.2, 0.25) is 0 Å². The summed E-state index contributed by atoms with van der Waals surface area (Å²) in [6.07, 6.45) is 1.52. The predicted octanol–water partition coefficient (Wildman–Crippen LogP) is 4.89. The number of rotatable bonds is 6. The minimum Gasteiger partial charge on any atom is -0.461 e. The molecule has 1 atom stereocenters. The molecule has 0 bridgehead atoms. The summed E-state index contributed by atoms with van der Waals surface area (Å²) < 4.78 is 29.3. The zero-order chi connectivity index (χ0) is 21.9. The molecule has 8 heteroatoms. The van der Waals surface area contributed by atoms with Crippen LogP contribution in [-0.4, -0.2) is 38.9 Å². The molecule has 0 amide bonds. The number of halogens is 1. The van der Waals surface area contributed by atoms with Crippen molar-refractivity contribution in [2.75, 3.05) is 19.7 Å². The zero-order valence-electron chi connectivity index (χ0n) is 17.4. The van der Waals surface area contributed by atoms with Crippen LogP contribution in [0.1, 0.15) is 17.2 Å². The Balaban J connectivity index is 1.40. The second-order valence-electron chi connectivity index (χ2n) is 7.78. The van der Waals surface area contributed by atoms with E-state index in [0.717, 1.165) is 17.7 Å². The predicted molar refractivity (Wildman–Crippen MR) is 121 cm³/mol. The van der Waals surface area contributed by atoms with E-state index in [2.05, 4.69) is 17.0 Å². The van der Waals surface area contributed by atoms with E-state index in [9.17, 15) is 4.39 Å². The third-order valence-electron chi connectivity index (χ3n) is 5.57. The fraction of sp³-hybridized carbons (Fsp3) is 0.250. The molecule has 3 heterocycles. The Bertz CT molecular complexity index is 1220. The van der Waals surface area contributed by atoms with Crippen molar-refractivity contribution in [3.8, 4) is 11.6 Å². The smallest absolute Gasteiger partial charge is 0.199 e. The van der Waals surface area contributed by atoms with Crippen LogP contribution in [0.5, 0.6) is 0 Å². The van der Waals surface area contributed by atoms with E-state index in [4.69, 9.17) is 26.5 Å². The van der Waals surface area contributed by atoms with Gasteiger partial charge in [-0.3, -0.25) is 9.47 Å². The second-order valence-corrected chi connectivity index (χ2v) is 8.15.